The van der Waals surface area contributed by atoms with E-state index in [1.54, 1.807) is 13.0 Å². The molecule has 2 aromatic rings. The van der Waals surface area contributed by atoms with Crippen molar-refractivity contribution in [1.29, 1.82) is 0 Å². The fourth-order valence-electron chi connectivity index (χ4n) is 2.93. The van der Waals surface area contributed by atoms with Gasteiger partial charge in [-0.2, -0.15) is 13.2 Å². The summed E-state index contributed by atoms with van der Waals surface area (Å²) < 4.78 is 38.5. The van der Waals surface area contributed by atoms with Crippen molar-refractivity contribution < 1.29 is 18.0 Å². The molecule has 1 unspecified atom stereocenters. The zero-order valence-electron chi connectivity index (χ0n) is 13.2. The summed E-state index contributed by atoms with van der Waals surface area (Å²) >= 11 is 0. The Balaban J connectivity index is 1.76. The van der Waals surface area contributed by atoms with Crippen LogP contribution in [0.3, 0.4) is 0 Å². The first-order valence-electron chi connectivity index (χ1n) is 7.86. The fraction of sp³-hybridized carbons (Fsp3) is 0.316. The monoisotopic (exact) mass is 333 g/mol. The maximum Gasteiger partial charge on any atom is 0.416 e. The minimum absolute atomic E-state index is 0.126. The SMILES string of the molecule is CC(NC(=O)C1(c2ccccc2)CC1)c1cccc(C(F)(F)F)c1. The Labute approximate surface area is 138 Å². The van der Waals surface area contributed by atoms with Gasteiger partial charge in [0.2, 0.25) is 5.91 Å². The molecule has 0 spiro atoms. The average molecular weight is 333 g/mol. The summed E-state index contributed by atoms with van der Waals surface area (Å²) in [5, 5.41) is 2.87. The van der Waals surface area contributed by atoms with Gasteiger partial charge in [0.1, 0.15) is 0 Å². The van der Waals surface area contributed by atoms with Gasteiger partial charge in [-0.05, 0) is 43.0 Å². The molecule has 0 heterocycles. The summed E-state index contributed by atoms with van der Waals surface area (Å²) in [7, 11) is 0. The van der Waals surface area contributed by atoms with Crippen molar-refractivity contribution in [3.63, 3.8) is 0 Å². The highest BCUT2D eigenvalue weighted by Gasteiger charge is 2.51. The predicted molar refractivity (Wildman–Crippen MR) is 85.4 cm³/mol. The molecule has 24 heavy (non-hydrogen) atoms. The quantitative estimate of drug-likeness (QED) is 0.869. The summed E-state index contributed by atoms with van der Waals surface area (Å²) in [6.45, 7) is 1.70. The Morgan fingerprint density at radius 1 is 1.08 bits per heavy atom. The normalized spacial score (nSPS) is 17.2. The number of amides is 1. The number of hydrogen-bond acceptors (Lipinski definition) is 1. The van der Waals surface area contributed by atoms with Crippen LogP contribution in [-0.4, -0.2) is 5.91 Å². The molecular formula is C19H18F3NO. The van der Waals surface area contributed by atoms with Gasteiger partial charge in [0.15, 0.2) is 0 Å². The fourth-order valence-corrected chi connectivity index (χ4v) is 2.93. The number of halogens is 3. The summed E-state index contributed by atoms with van der Waals surface area (Å²) in [4.78, 5) is 12.7. The van der Waals surface area contributed by atoms with Gasteiger partial charge in [-0.1, -0.05) is 42.5 Å². The van der Waals surface area contributed by atoms with E-state index < -0.39 is 23.2 Å². The van der Waals surface area contributed by atoms with Crippen molar-refractivity contribution in [2.24, 2.45) is 0 Å². The lowest BCUT2D eigenvalue weighted by molar-refractivity contribution is -0.137. The maximum atomic E-state index is 12.8. The predicted octanol–water partition coefficient (Wildman–Crippen LogP) is 4.61. The van der Waals surface area contributed by atoms with E-state index in [-0.39, 0.29) is 5.91 Å². The van der Waals surface area contributed by atoms with Gasteiger partial charge < -0.3 is 5.32 Å². The summed E-state index contributed by atoms with van der Waals surface area (Å²) in [5.41, 5.74) is 0.169. The van der Waals surface area contributed by atoms with Crippen LogP contribution in [0.1, 0.15) is 42.5 Å². The standard InChI is InChI=1S/C19H18F3NO/c1-13(14-6-5-9-16(12-14)19(20,21)22)23-17(24)18(10-11-18)15-7-3-2-4-8-15/h2-9,12-13H,10-11H2,1H3,(H,23,24). The van der Waals surface area contributed by atoms with Crippen molar-refractivity contribution in [2.75, 3.05) is 0 Å². The van der Waals surface area contributed by atoms with Crippen LogP contribution in [0.15, 0.2) is 54.6 Å². The second-order valence-corrected chi connectivity index (χ2v) is 6.27. The Morgan fingerprint density at radius 2 is 1.75 bits per heavy atom. The summed E-state index contributed by atoms with van der Waals surface area (Å²) in [6, 6.07) is 14.1. The topological polar surface area (TPSA) is 29.1 Å². The smallest absolute Gasteiger partial charge is 0.349 e. The molecule has 5 heteroatoms. The van der Waals surface area contributed by atoms with E-state index in [1.807, 2.05) is 30.3 Å². The lowest BCUT2D eigenvalue weighted by atomic mass is 9.94. The van der Waals surface area contributed by atoms with Crippen molar-refractivity contribution in [3.05, 3.63) is 71.3 Å². The lowest BCUT2D eigenvalue weighted by Crippen LogP contribution is -2.36. The van der Waals surface area contributed by atoms with Crippen LogP contribution in [0, 0.1) is 0 Å². The lowest BCUT2D eigenvalue weighted by Gasteiger charge is -2.21. The van der Waals surface area contributed by atoms with E-state index in [0.717, 1.165) is 30.5 Å². The Hall–Kier alpha value is -2.30. The second-order valence-electron chi connectivity index (χ2n) is 6.27. The minimum atomic E-state index is -4.39. The Morgan fingerprint density at radius 3 is 2.33 bits per heavy atom. The molecule has 0 aromatic heterocycles. The number of rotatable bonds is 4. The van der Waals surface area contributed by atoms with Crippen molar-refractivity contribution in [2.45, 2.75) is 37.4 Å². The molecule has 1 N–H and O–H groups in total. The summed E-state index contributed by atoms with van der Waals surface area (Å²) in [6.07, 6.45) is -2.86. The second kappa shape index (κ2) is 5.96. The number of hydrogen-bond donors (Lipinski definition) is 1. The van der Waals surface area contributed by atoms with Crippen molar-refractivity contribution >= 4 is 5.91 Å². The van der Waals surface area contributed by atoms with Gasteiger partial charge in [-0.25, -0.2) is 0 Å². The largest absolute Gasteiger partial charge is 0.416 e. The highest BCUT2D eigenvalue weighted by Crippen LogP contribution is 2.48. The number of alkyl halides is 3. The molecule has 2 nitrogen and oxygen atoms in total. The molecule has 0 radical (unpaired) electrons. The Kier molecular flexibility index (Phi) is 4.11. The third-order valence-electron chi connectivity index (χ3n) is 4.57. The van der Waals surface area contributed by atoms with Gasteiger partial charge in [-0.3, -0.25) is 4.79 Å². The zero-order valence-corrected chi connectivity index (χ0v) is 13.2. The van der Waals surface area contributed by atoms with E-state index >= 15 is 0 Å². The maximum absolute atomic E-state index is 12.8. The molecule has 2 aromatic carbocycles. The first kappa shape index (κ1) is 16.6. The molecule has 1 aliphatic carbocycles. The molecule has 0 aliphatic heterocycles. The van der Waals surface area contributed by atoms with Crippen LogP contribution in [0.5, 0.6) is 0 Å². The Bertz CT molecular complexity index is 736. The molecule has 1 fully saturated rings. The van der Waals surface area contributed by atoms with Gasteiger partial charge in [0, 0.05) is 0 Å². The first-order valence-corrected chi connectivity index (χ1v) is 7.86. The molecule has 1 aliphatic rings. The van der Waals surface area contributed by atoms with Crippen molar-refractivity contribution in [1.82, 2.24) is 5.32 Å². The molecular weight excluding hydrogens is 315 g/mol. The summed E-state index contributed by atoms with van der Waals surface area (Å²) in [5.74, 6) is -0.126. The van der Waals surface area contributed by atoms with Crippen LogP contribution in [0.4, 0.5) is 13.2 Å². The zero-order chi connectivity index (χ0) is 17.4. The van der Waals surface area contributed by atoms with E-state index in [4.69, 9.17) is 0 Å². The third-order valence-corrected chi connectivity index (χ3v) is 4.57. The average Bonchev–Trinajstić information content (AvgIpc) is 3.37. The van der Waals surface area contributed by atoms with Crippen molar-refractivity contribution in [3.8, 4) is 0 Å². The number of benzene rings is 2. The van der Waals surface area contributed by atoms with Crippen LogP contribution in [-0.2, 0) is 16.4 Å². The molecule has 1 amide bonds. The molecule has 1 atom stereocenters. The molecule has 3 rings (SSSR count). The third kappa shape index (κ3) is 3.16. The highest BCUT2D eigenvalue weighted by molar-refractivity contribution is 5.91. The van der Waals surface area contributed by atoms with Crippen LogP contribution < -0.4 is 5.32 Å². The molecule has 1 saturated carbocycles. The van der Waals surface area contributed by atoms with E-state index in [2.05, 4.69) is 5.32 Å². The van der Waals surface area contributed by atoms with Gasteiger partial charge in [0.25, 0.3) is 0 Å². The van der Waals surface area contributed by atoms with Gasteiger partial charge in [0.05, 0.1) is 17.0 Å². The number of nitrogens with one attached hydrogen (secondary N) is 1. The number of carbonyl (C=O) groups is 1. The van der Waals surface area contributed by atoms with Gasteiger partial charge in [-0.15, -0.1) is 0 Å². The molecule has 0 bridgehead atoms. The van der Waals surface area contributed by atoms with E-state index in [9.17, 15) is 18.0 Å². The minimum Gasteiger partial charge on any atom is -0.349 e. The highest BCUT2D eigenvalue weighted by atomic mass is 19.4. The van der Waals surface area contributed by atoms with E-state index in [1.165, 1.54) is 6.07 Å². The first-order chi connectivity index (χ1) is 11.3. The van der Waals surface area contributed by atoms with Crippen LogP contribution in [0.25, 0.3) is 0 Å². The van der Waals surface area contributed by atoms with E-state index in [0.29, 0.717) is 5.56 Å². The molecule has 0 saturated heterocycles. The van der Waals surface area contributed by atoms with Crippen LogP contribution >= 0.6 is 0 Å². The molecule has 126 valence electrons. The van der Waals surface area contributed by atoms with Crippen LogP contribution in [0.2, 0.25) is 0 Å². The van der Waals surface area contributed by atoms with Gasteiger partial charge >= 0.3 is 6.18 Å². The number of carbonyl (C=O) groups excluding carboxylic acids is 1.